The molecule has 39 heavy (non-hydrogen) atoms. The molecule has 0 unspecified atom stereocenters. The summed E-state index contributed by atoms with van der Waals surface area (Å²) < 4.78 is 52.4. The standard InChI is InChI=1S/C23H25FN6O2.C2HF3O2/c1-32-22(31)29-15-20-26-27-21(17-5-7-18(24)8-6-17)30(20)23(16-29)9-12-28(13-10-23)14-19-4-2-3-11-25-19;3-2(4,5)1(6)7/h2-8,11H,9-10,12-16H2,1H3;(H,6,7). The molecule has 1 amide bonds. The van der Waals surface area contributed by atoms with E-state index in [1.54, 1.807) is 17.0 Å². The van der Waals surface area contributed by atoms with Gasteiger partial charge in [0.25, 0.3) is 0 Å². The number of benzene rings is 1. The molecule has 2 aromatic heterocycles. The maximum Gasteiger partial charge on any atom is 0.490 e. The van der Waals surface area contributed by atoms with Gasteiger partial charge in [0.05, 0.1) is 24.9 Å². The molecule has 0 aliphatic carbocycles. The number of aliphatic carboxylic acids is 1. The molecule has 1 fully saturated rings. The van der Waals surface area contributed by atoms with Crippen molar-refractivity contribution in [2.24, 2.45) is 0 Å². The van der Waals surface area contributed by atoms with Crippen molar-refractivity contribution in [3.05, 3.63) is 66.0 Å². The molecule has 10 nitrogen and oxygen atoms in total. The van der Waals surface area contributed by atoms with Gasteiger partial charge in [0, 0.05) is 37.9 Å². The number of carboxylic acid groups (broad SMARTS) is 1. The largest absolute Gasteiger partial charge is 0.490 e. The van der Waals surface area contributed by atoms with E-state index in [0.717, 1.165) is 49.6 Å². The smallest absolute Gasteiger partial charge is 0.475 e. The van der Waals surface area contributed by atoms with E-state index in [2.05, 4.69) is 24.6 Å². The summed E-state index contributed by atoms with van der Waals surface area (Å²) in [4.78, 5) is 29.8. The number of pyridine rings is 1. The van der Waals surface area contributed by atoms with E-state index in [1.807, 2.05) is 24.4 Å². The second kappa shape index (κ2) is 11.4. The first kappa shape index (κ1) is 28.0. The van der Waals surface area contributed by atoms with Gasteiger partial charge in [0.15, 0.2) is 11.6 Å². The second-order valence-electron chi connectivity index (χ2n) is 9.23. The Morgan fingerprint density at radius 3 is 2.31 bits per heavy atom. The van der Waals surface area contributed by atoms with Gasteiger partial charge in [-0.25, -0.2) is 14.0 Å². The zero-order chi connectivity index (χ0) is 28.2. The maximum absolute atomic E-state index is 13.5. The van der Waals surface area contributed by atoms with Crippen LogP contribution in [0.1, 0.15) is 24.4 Å². The van der Waals surface area contributed by atoms with Gasteiger partial charge in [0.1, 0.15) is 5.82 Å². The van der Waals surface area contributed by atoms with Gasteiger partial charge in [0.2, 0.25) is 0 Å². The van der Waals surface area contributed by atoms with Crippen LogP contribution in [0.3, 0.4) is 0 Å². The van der Waals surface area contributed by atoms with E-state index in [-0.39, 0.29) is 17.4 Å². The van der Waals surface area contributed by atoms with Gasteiger partial charge < -0.3 is 14.4 Å². The Kier molecular flexibility index (Phi) is 8.14. The van der Waals surface area contributed by atoms with Gasteiger partial charge in [-0.2, -0.15) is 13.2 Å². The van der Waals surface area contributed by atoms with Gasteiger partial charge in [-0.3, -0.25) is 14.8 Å². The Morgan fingerprint density at radius 1 is 1.08 bits per heavy atom. The minimum atomic E-state index is -5.08. The molecule has 2 aliphatic heterocycles. The Labute approximate surface area is 220 Å². The molecule has 1 spiro atoms. The van der Waals surface area contributed by atoms with Crippen LogP contribution in [0, 0.1) is 5.82 Å². The molecule has 4 heterocycles. The molecule has 0 saturated carbocycles. The van der Waals surface area contributed by atoms with Crippen LogP contribution in [0.15, 0.2) is 48.7 Å². The van der Waals surface area contributed by atoms with Crippen molar-refractivity contribution in [2.75, 3.05) is 26.7 Å². The molecule has 5 rings (SSSR count). The molecule has 0 atom stereocenters. The minimum absolute atomic E-state index is 0.290. The Morgan fingerprint density at radius 2 is 1.74 bits per heavy atom. The number of ether oxygens (including phenoxy) is 1. The second-order valence-corrected chi connectivity index (χ2v) is 9.23. The summed E-state index contributed by atoms with van der Waals surface area (Å²) in [5.74, 6) is -1.61. The third-order valence-electron chi connectivity index (χ3n) is 6.70. The molecule has 1 saturated heterocycles. The van der Waals surface area contributed by atoms with E-state index >= 15 is 0 Å². The van der Waals surface area contributed by atoms with Crippen LogP contribution >= 0.6 is 0 Å². The van der Waals surface area contributed by atoms with Crippen molar-refractivity contribution < 1.29 is 37.0 Å². The van der Waals surface area contributed by atoms with E-state index in [9.17, 15) is 22.4 Å². The van der Waals surface area contributed by atoms with Crippen molar-refractivity contribution in [1.82, 2.24) is 29.5 Å². The third kappa shape index (κ3) is 6.33. The van der Waals surface area contributed by atoms with Crippen LogP contribution in [-0.4, -0.2) is 79.6 Å². The highest BCUT2D eigenvalue weighted by Crippen LogP contribution is 2.39. The van der Waals surface area contributed by atoms with Gasteiger partial charge >= 0.3 is 18.2 Å². The highest BCUT2D eigenvalue weighted by atomic mass is 19.4. The number of amides is 1. The number of piperidine rings is 1. The number of carboxylic acids is 1. The van der Waals surface area contributed by atoms with Crippen LogP contribution in [0.2, 0.25) is 0 Å². The highest BCUT2D eigenvalue weighted by Gasteiger charge is 2.46. The van der Waals surface area contributed by atoms with E-state index in [4.69, 9.17) is 14.6 Å². The van der Waals surface area contributed by atoms with Gasteiger partial charge in [-0.05, 0) is 49.2 Å². The monoisotopic (exact) mass is 550 g/mol. The fourth-order valence-electron chi connectivity index (χ4n) is 4.84. The molecule has 0 radical (unpaired) electrons. The number of aromatic nitrogens is 4. The van der Waals surface area contributed by atoms with Gasteiger partial charge in [-0.1, -0.05) is 6.07 Å². The van der Waals surface area contributed by atoms with Gasteiger partial charge in [-0.15, -0.1) is 10.2 Å². The summed E-state index contributed by atoms with van der Waals surface area (Å²) >= 11 is 0. The first-order valence-electron chi connectivity index (χ1n) is 12.0. The minimum Gasteiger partial charge on any atom is -0.475 e. The lowest BCUT2D eigenvalue weighted by molar-refractivity contribution is -0.192. The van der Waals surface area contributed by atoms with Crippen LogP contribution in [-0.2, 0) is 28.2 Å². The molecule has 14 heteroatoms. The number of nitrogens with zero attached hydrogens (tertiary/aromatic N) is 6. The van der Waals surface area contributed by atoms with Crippen molar-refractivity contribution in [3.63, 3.8) is 0 Å². The number of alkyl halides is 3. The molecule has 1 aromatic carbocycles. The topological polar surface area (TPSA) is 114 Å². The third-order valence-corrected chi connectivity index (χ3v) is 6.70. The molecule has 0 bridgehead atoms. The number of likely N-dealkylation sites (tertiary alicyclic amines) is 1. The first-order valence-corrected chi connectivity index (χ1v) is 12.0. The van der Waals surface area contributed by atoms with E-state index in [1.165, 1.54) is 19.2 Å². The van der Waals surface area contributed by atoms with Crippen LogP contribution in [0.25, 0.3) is 11.4 Å². The Balaban J connectivity index is 0.000000448. The summed E-state index contributed by atoms with van der Waals surface area (Å²) in [7, 11) is 1.40. The summed E-state index contributed by atoms with van der Waals surface area (Å²) in [6.45, 7) is 3.35. The number of hydrogen-bond acceptors (Lipinski definition) is 7. The molecule has 2 aliphatic rings. The quantitative estimate of drug-likeness (QED) is 0.492. The lowest BCUT2D eigenvalue weighted by Crippen LogP contribution is -2.57. The average Bonchev–Trinajstić information content (AvgIpc) is 3.35. The Bertz CT molecular complexity index is 1290. The SMILES string of the molecule is COC(=O)N1Cc2nnc(-c3ccc(F)cc3)n2C2(CCN(Cc3ccccn3)CC2)C1.O=C(O)C(F)(F)F. The van der Waals surface area contributed by atoms with Crippen LogP contribution < -0.4 is 0 Å². The number of carbonyl (C=O) groups excluding carboxylic acids is 1. The fraction of sp³-hybridized carbons (Fsp3) is 0.400. The molecule has 1 N–H and O–H groups in total. The highest BCUT2D eigenvalue weighted by molar-refractivity contribution is 5.73. The van der Waals surface area contributed by atoms with Crippen LogP contribution in [0.4, 0.5) is 22.4 Å². The summed E-state index contributed by atoms with van der Waals surface area (Å²) in [5, 5.41) is 16.0. The molecule has 3 aromatic rings. The normalized spacial score (nSPS) is 16.7. The molecular weight excluding hydrogens is 524 g/mol. The number of halogens is 4. The maximum atomic E-state index is 13.5. The van der Waals surface area contributed by atoms with Crippen LogP contribution in [0.5, 0.6) is 0 Å². The summed E-state index contributed by atoms with van der Waals surface area (Å²) in [6.07, 6.45) is -1.98. The number of fused-ring (bicyclic) bond motifs is 2. The fourth-order valence-corrected chi connectivity index (χ4v) is 4.84. The summed E-state index contributed by atoms with van der Waals surface area (Å²) in [5.41, 5.74) is 1.50. The lowest BCUT2D eigenvalue weighted by Gasteiger charge is -2.48. The zero-order valence-electron chi connectivity index (χ0n) is 20.9. The van der Waals surface area contributed by atoms with Crippen molar-refractivity contribution in [1.29, 1.82) is 0 Å². The number of methoxy groups -OCH3 is 1. The number of hydrogen-bond donors (Lipinski definition) is 1. The molecular formula is C25H26F4N6O4. The molecule has 208 valence electrons. The van der Waals surface area contributed by atoms with Crippen molar-refractivity contribution in [3.8, 4) is 11.4 Å². The van der Waals surface area contributed by atoms with Crippen molar-refractivity contribution >= 4 is 12.1 Å². The lowest BCUT2D eigenvalue weighted by atomic mass is 9.84. The predicted octanol–water partition coefficient (Wildman–Crippen LogP) is 3.69. The first-order chi connectivity index (χ1) is 18.5. The van der Waals surface area contributed by atoms with E-state index in [0.29, 0.717) is 18.9 Å². The zero-order valence-corrected chi connectivity index (χ0v) is 20.9. The van der Waals surface area contributed by atoms with Crippen molar-refractivity contribution in [2.45, 2.75) is 37.6 Å². The summed E-state index contributed by atoms with van der Waals surface area (Å²) in [6, 6.07) is 12.3. The number of carbonyl (C=O) groups is 2. The predicted molar refractivity (Wildman–Crippen MR) is 129 cm³/mol. The average molecular weight is 551 g/mol. The van der Waals surface area contributed by atoms with E-state index < -0.39 is 12.1 Å². The number of rotatable bonds is 3. The Hall–Kier alpha value is -4.07.